The lowest BCUT2D eigenvalue weighted by Crippen LogP contribution is -2.47. The van der Waals surface area contributed by atoms with Crippen LogP contribution in [0.25, 0.3) is 0 Å². The molecule has 2 nitrogen and oxygen atoms in total. The Morgan fingerprint density at radius 1 is 1.26 bits per heavy atom. The summed E-state index contributed by atoms with van der Waals surface area (Å²) in [6.07, 6.45) is 11.0. The van der Waals surface area contributed by atoms with Crippen LogP contribution in [0, 0.1) is 0 Å². The summed E-state index contributed by atoms with van der Waals surface area (Å²) in [5.74, 6) is 0. The molecule has 0 aromatic rings. The predicted octanol–water partition coefficient (Wildman–Crippen LogP) is 4.48. The minimum Gasteiger partial charge on any atom is -0.371 e. The van der Waals surface area contributed by atoms with Gasteiger partial charge < -0.3 is 9.47 Å². The molecule has 0 amide bonds. The molecular formula is C15H20Br2O2. The second kappa shape index (κ2) is 7.80. The monoisotopic (exact) mass is 390 g/mol. The molecule has 0 radical (unpaired) electrons. The van der Waals surface area contributed by atoms with Crippen LogP contribution in [0.5, 0.6) is 0 Å². The van der Waals surface area contributed by atoms with Crippen molar-refractivity contribution in [2.75, 3.05) is 0 Å². The van der Waals surface area contributed by atoms with E-state index in [1.54, 1.807) is 4.99 Å². The van der Waals surface area contributed by atoms with Crippen molar-refractivity contribution in [1.29, 1.82) is 0 Å². The topological polar surface area (TPSA) is 18.5 Å². The predicted molar refractivity (Wildman–Crippen MR) is 84.9 cm³/mol. The van der Waals surface area contributed by atoms with Gasteiger partial charge in [-0.2, -0.15) is 0 Å². The van der Waals surface area contributed by atoms with Crippen molar-refractivity contribution < 1.29 is 9.47 Å². The number of ether oxygens (including phenoxy) is 2. The normalized spacial score (nSPS) is 38.6. The summed E-state index contributed by atoms with van der Waals surface area (Å²) in [5.41, 5.74) is 3.05. The van der Waals surface area contributed by atoms with E-state index in [1.165, 1.54) is 0 Å². The zero-order chi connectivity index (χ0) is 13.7. The lowest BCUT2D eigenvalue weighted by atomic mass is 9.96. The molecule has 2 aliphatic rings. The van der Waals surface area contributed by atoms with E-state index in [0.717, 1.165) is 25.7 Å². The van der Waals surface area contributed by atoms with E-state index < -0.39 is 0 Å². The first-order valence-corrected chi connectivity index (χ1v) is 8.69. The van der Waals surface area contributed by atoms with Gasteiger partial charge in [0, 0.05) is 9.81 Å². The van der Waals surface area contributed by atoms with Gasteiger partial charge in [0.15, 0.2) is 0 Å². The first-order valence-electron chi connectivity index (χ1n) is 6.85. The lowest BCUT2D eigenvalue weighted by Gasteiger charge is -2.40. The molecule has 1 saturated heterocycles. The van der Waals surface area contributed by atoms with Gasteiger partial charge in [0.2, 0.25) is 0 Å². The summed E-state index contributed by atoms with van der Waals surface area (Å²) >= 11 is 6.97. The third-order valence-electron chi connectivity index (χ3n) is 3.63. The highest BCUT2D eigenvalue weighted by molar-refractivity contribution is 9.11. The number of hydrogen-bond donors (Lipinski definition) is 0. The quantitative estimate of drug-likeness (QED) is 0.392. The largest absolute Gasteiger partial charge is 0.371 e. The molecule has 1 fully saturated rings. The number of halogens is 2. The fourth-order valence-electron chi connectivity index (χ4n) is 2.62. The van der Waals surface area contributed by atoms with Crippen LogP contribution in [-0.2, 0) is 9.47 Å². The van der Waals surface area contributed by atoms with E-state index in [-0.39, 0.29) is 18.3 Å². The van der Waals surface area contributed by atoms with Crippen LogP contribution in [0.2, 0.25) is 0 Å². The molecule has 0 aromatic heterocycles. The van der Waals surface area contributed by atoms with Gasteiger partial charge in [0.1, 0.15) is 0 Å². The summed E-state index contributed by atoms with van der Waals surface area (Å²) in [6, 6.07) is 0. The van der Waals surface area contributed by atoms with Gasteiger partial charge in [-0.15, -0.1) is 5.73 Å². The smallest absolute Gasteiger partial charge is 0.0876 e. The molecule has 0 unspecified atom stereocenters. The van der Waals surface area contributed by atoms with Crippen LogP contribution in [0.15, 0.2) is 28.9 Å². The van der Waals surface area contributed by atoms with Crippen LogP contribution in [-0.4, -0.2) is 29.2 Å². The number of fused-ring (bicyclic) bond motifs is 1. The summed E-state index contributed by atoms with van der Waals surface area (Å²) in [6.45, 7) is 2.17. The molecule has 0 saturated carbocycles. The van der Waals surface area contributed by atoms with Crippen molar-refractivity contribution in [2.24, 2.45) is 0 Å². The first kappa shape index (κ1) is 15.5. The zero-order valence-corrected chi connectivity index (χ0v) is 14.3. The summed E-state index contributed by atoms with van der Waals surface area (Å²) < 4.78 is 12.4. The van der Waals surface area contributed by atoms with Crippen LogP contribution in [0.3, 0.4) is 0 Å². The molecule has 0 spiro atoms. The minimum absolute atomic E-state index is 0.0827. The van der Waals surface area contributed by atoms with Crippen molar-refractivity contribution in [3.63, 3.8) is 0 Å². The van der Waals surface area contributed by atoms with Crippen molar-refractivity contribution in [2.45, 2.75) is 61.9 Å². The average molecular weight is 392 g/mol. The average Bonchev–Trinajstić information content (AvgIpc) is 2.39. The standard InChI is InChI=1S/C15H20Br2O2/c1-2-13-12(17)10-15-14(19-13)8-4-3-6-11(18-15)7-5-9-16/h3-4,7,9,11-15H,2,6,8,10H2,1H3/t5?,11-,12+,13-,14+,15+/m1/s1. The Balaban J connectivity index is 2.08. The molecule has 0 aromatic carbocycles. The highest BCUT2D eigenvalue weighted by Gasteiger charge is 2.37. The van der Waals surface area contributed by atoms with Crippen LogP contribution in [0.4, 0.5) is 0 Å². The summed E-state index contributed by atoms with van der Waals surface area (Å²) in [5, 5.41) is 0. The number of hydrogen-bond acceptors (Lipinski definition) is 2. The molecular weight excluding hydrogens is 372 g/mol. The van der Waals surface area contributed by atoms with E-state index in [2.05, 4.69) is 56.7 Å². The third-order valence-corrected chi connectivity index (χ3v) is 4.85. The highest BCUT2D eigenvalue weighted by atomic mass is 79.9. The number of rotatable bonds is 2. The molecule has 0 bridgehead atoms. The fraction of sp³-hybridized carbons (Fsp3) is 0.667. The maximum atomic E-state index is 6.20. The Bertz CT molecular complexity index is 374. The van der Waals surface area contributed by atoms with Gasteiger partial charge in [0.05, 0.1) is 24.4 Å². The second-order valence-corrected chi connectivity index (χ2v) is 6.61. The number of alkyl halides is 1. The van der Waals surface area contributed by atoms with E-state index in [9.17, 15) is 0 Å². The van der Waals surface area contributed by atoms with E-state index in [1.807, 2.05) is 6.08 Å². The maximum Gasteiger partial charge on any atom is 0.0876 e. The summed E-state index contributed by atoms with van der Waals surface area (Å²) in [7, 11) is 0. The fourth-order valence-corrected chi connectivity index (χ4v) is 3.64. The summed E-state index contributed by atoms with van der Waals surface area (Å²) in [4.78, 5) is 2.12. The van der Waals surface area contributed by atoms with E-state index in [0.29, 0.717) is 10.9 Å². The van der Waals surface area contributed by atoms with E-state index >= 15 is 0 Å². The van der Waals surface area contributed by atoms with Crippen molar-refractivity contribution in [1.82, 2.24) is 0 Å². The minimum atomic E-state index is 0.0827. The molecule has 2 rings (SSSR count). The third kappa shape index (κ3) is 4.30. The highest BCUT2D eigenvalue weighted by Crippen LogP contribution is 2.32. The Labute approximate surface area is 132 Å². The van der Waals surface area contributed by atoms with Crippen molar-refractivity contribution >= 4 is 31.9 Å². The Kier molecular flexibility index (Phi) is 6.37. The Morgan fingerprint density at radius 2 is 2.05 bits per heavy atom. The zero-order valence-electron chi connectivity index (χ0n) is 11.1. The van der Waals surface area contributed by atoms with Crippen LogP contribution >= 0.6 is 31.9 Å². The maximum absolute atomic E-state index is 6.20. The van der Waals surface area contributed by atoms with E-state index in [4.69, 9.17) is 9.47 Å². The SMILES string of the molecule is CC[C@H]1O[C@H]2CC=CC[C@H](C=C=CBr)O[C@H]2C[C@@H]1Br. The van der Waals surface area contributed by atoms with Gasteiger partial charge in [-0.1, -0.05) is 50.9 Å². The van der Waals surface area contributed by atoms with Gasteiger partial charge in [-0.05, 0) is 31.8 Å². The molecule has 2 aliphatic heterocycles. The molecule has 5 atom stereocenters. The molecule has 106 valence electrons. The van der Waals surface area contributed by atoms with Gasteiger partial charge in [-0.25, -0.2) is 0 Å². The van der Waals surface area contributed by atoms with Gasteiger partial charge in [-0.3, -0.25) is 0 Å². The lowest BCUT2D eigenvalue weighted by molar-refractivity contribution is -0.146. The first-order chi connectivity index (χ1) is 9.24. The molecule has 0 N–H and O–H groups in total. The van der Waals surface area contributed by atoms with Crippen molar-refractivity contribution in [3.8, 4) is 0 Å². The molecule has 4 heteroatoms. The Hall–Kier alpha value is 0.140. The Morgan fingerprint density at radius 3 is 2.79 bits per heavy atom. The molecule has 19 heavy (non-hydrogen) atoms. The van der Waals surface area contributed by atoms with Gasteiger partial charge >= 0.3 is 0 Å². The van der Waals surface area contributed by atoms with Gasteiger partial charge in [0.25, 0.3) is 0 Å². The van der Waals surface area contributed by atoms with Crippen LogP contribution in [0.1, 0.15) is 32.6 Å². The van der Waals surface area contributed by atoms with Crippen molar-refractivity contribution in [3.05, 3.63) is 28.9 Å². The van der Waals surface area contributed by atoms with Crippen LogP contribution < -0.4 is 0 Å². The molecule has 2 heterocycles. The molecule has 0 aliphatic carbocycles. The second-order valence-electron chi connectivity index (χ2n) is 4.97.